The second-order valence-corrected chi connectivity index (χ2v) is 6.60. The van der Waals surface area contributed by atoms with Gasteiger partial charge in [0.1, 0.15) is 11.5 Å². The Morgan fingerprint density at radius 2 is 1.24 bits per heavy atom. The van der Waals surface area contributed by atoms with Crippen LogP contribution in [-0.4, -0.2) is 30.6 Å². The van der Waals surface area contributed by atoms with Crippen LogP contribution in [0.5, 0.6) is 11.5 Å². The number of benzene rings is 3. The van der Waals surface area contributed by atoms with Crippen molar-refractivity contribution >= 4 is 5.91 Å². The summed E-state index contributed by atoms with van der Waals surface area (Å²) in [6.45, 7) is 5.12. The van der Waals surface area contributed by atoms with Crippen LogP contribution in [0.15, 0.2) is 84.9 Å². The number of rotatable bonds is 9. The largest absolute Gasteiger partial charge is 0.494 e. The molecular formula is C25H27NO3. The Labute approximate surface area is 172 Å². The molecule has 4 nitrogen and oxygen atoms in total. The normalized spacial score (nSPS) is 10.6. The van der Waals surface area contributed by atoms with Gasteiger partial charge in [-0.25, -0.2) is 0 Å². The van der Waals surface area contributed by atoms with Crippen LogP contribution in [0, 0.1) is 0 Å². The lowest BCUT2D eigenvalue weighted by Gasteiger charge is -2.31. The van der Waals surface area contributed by atoms with Gasteiger partial charge in [-0.05, 0) is 49.2 Å². The van der Waals surface area contributed by atoms with Gasteiger partial charge in [-0.2, -0.15) is 0 Å². The summed E-state index contributed by atoms with van der Waals surface area (Å²) in [5.74, 6) is 1.38. The van der Waals surface area contributed by atoms with Gasteiger partial charge in [0.05, 0.1) is 12.6 Å². The Hall–Kier alpha value is -3.27. The minimum absolute atomic E-state index is 0.0159. The summed E-state index contributed by atoms with van der Waals surface area (Å²) < 4.78 is 11.2. The van der Waals surface area contributed by atoms with E-state index in [0.717, 1.165) is 16.9 Å². The van der Waals surface area contributed by atoms with Crippen LogP contribution in [0.1, 0.15) is 31.0 Å². The number of hydrogen-bond donors (Lipinski definition) is 0. The molecular weight excluding hydrogens is 362 g/mol. The smallest absolute Gasteiger partial charge is 0.261 e. The van der Waals surface area contributed by atoms with Crippen molar-refractivity contribution in [2.24, 2.45) is 0 Å². The highest BCUT2D eigenvalue weighted by atomic mass is 16.5. The zero-order valence-corrected chi connectivity index (χ0v) is 17.0. The highest BCUT2D eigenvalue weighted by Gasteiger charge is 2.25. The molecule has 0 atom stereocenters. The topological polar surface area (TPSA) is 38.8 Å². The van der Waals surface area contributed by atoms with Crippen LogP contribution < -0.4 is 9.47 Å². The first-order chi connectivity index (χ1) is 14.2. The second-order valence-electron chi connectivity index (χ2n) is 6.60. The van der Waals surface area contributed by atoms with E-state index in [1.165, 1.54) is 0 Å². The van der Waals surface area contributed by atoms with E-state index in [0.29, 0.717) is 18.9 Å². The second kappa shape index (κ2) is 10.3. The first kappa shape index (κ1) is 20.5. The molecule has 0 N–H and O–H groups in total. The fourth-order valence-corrected chi connectivity index (χ4v) is 3.35. The van der Waals surface area contributed by atoms with Crippen molar-refractivity contribution in [2.75, 3.05) is 19.8 Å². The number of likely N-dealkylation sites (N-methyl/N-ethyl adjacent to an activating group) is 1. The summed E-state index contributed by atoms with van der Waals surface area (Å²) in [5.41, 5.74) is 2.16. The standard InChI is InChI=1S/C25H27NO3/c1-3-26(24(27)19-29-23-17-15-22(16-18-23)28-4-2)25(20-11-7-5-8-12-20)21-13-9-6-10-14-21/h5-18,25H,3-4,19H2,1-2H3. The first-order valence-electron chi connectivity index (χ1n) is 9.98. The van der Waals surface area contributed by atoms with Crippen LogP contribution in [0.2, 0.25) is 0 Å². The number of hydrogen-bond acceptors (Lipinski definition) is 3. The molecule has 0 spiro atoms. The number of carbonyl (C=O) groups excluding carboxylic acids is 1. The van der Waals surface area contributed by atoms with Crippen molar-refractivity contribution in [1.82, 2.24) is 4.90 Å². The third-order valence-corrected chi connectivity index (χ3v) is 4.70. The third kappa shape index (κ3) is 5.38. The number of carbonyl (C=O) groups is 1. The molecule has 3 aromatic rings. The molecule has 3 aromatic carbocycles. The lowest BCUT2D eigenvalue weighted by molar-refractivity contribution is -0.134. The van der Waals surface area contributed by atoms with Gasteiger partial charge in [0.25, 0.3) is 5.91 Å². The molecule has 0 aliphatic carbocycles. The third-order valence-electron chi connectivity index (χ3n) is 4.70. The van der Waals surface area contributed by atoms with Crippen molar-refractivity contribution in [3.63, 3.8) is 0 Å². The van der Waals surface area contributed by atoms with E-state index in [-0.39, 0.29) is 18.6 Å². The Morgan fingerprint density at radius 1 is 0.759 bits per heavy atom. The molecule has 0 unspecified atom stereocenters. The molecule has 0 bridgehead atoms. The maximum absolute atomic E-state index is 13.1. The average molecular weight is 389 g/mol. The van der Waals surface area contributed by atoms with Gasteiger partial charge < -0.3 is 14.4 Å². The van der Waals surface area contributed by atoms with E-state index in [1.54, 1.807) is 0 Å². The Bertz CT molecular complexity index is 839. The van der Waals surface area contributed by atoms with Crippen LogP contribution in [0.25, 0.3) is 0 Å². The number of ether oxygens (including phenoxy) is 2. The molecule has 0 saturated heterocycles. The molecule has 4 heteroatoms. The molecule has 150 valence electrons. The zero-order valence-electron chi connectivity index (χ0n) is 17.0. The van der Waals surface area contributed by atoms with Gasteiger partial charge in [0.15, 0.2) is 6.61 Å². The summed E-state index contributed by atoms with van der Waals surface area (Å²) >= 11 is 0. The lowest BCUT2D eigenvalue weighted by Crippen LogP contribution is -2.38. The van der Waals surface area contributed by atoms with Crippen molar-refractivity contribution < 1.29 is 14.3 Å². The summed E-state index contributed by atoms with van der Waals surface area (Å²) in [7, 11) is 0. The van der Waals surface area contributed by atoms with Gasteiger partial charge in [-0.3, -0.25) is 4.79 Å². The maximum Gasteiger partial charge on any atom is 0.261 e. The summed E-state index contributed by atoms with van der Waals surface area (Å²) in [6.07, 6.45) is 0. The van der Waals surface area contributed by atoms with Crippen LogP contribution in [0.4, 0.5) is 0 Å². The lowest BCUT2D eigenvalue weighted by atomic mass is 9.97. The first-order valence-corrected chi connectivity index (χ1v) is 9.98. The molecule has 0 fully saturated rings. The molecule has 0 heterocycles. The quantitative estimate of drug-likeness (QED) is 0.511. The molecule has 1 amide bonds. The van der Waals surface area contributed by atoms with Crippen molar-refractivity contribution in [3.05, 3.63) is 96.1 Å². The fourth-order valence-electron chi connectivity index (χ4n) is 3.35. The highest BCUT2D eigenvalue weighted by molar-refractivity contribution is 5.78. The summed E-state index contributed by atoms with van der Waals surface area (Å²) in [6, 6.07) is 27.4. The van der Waals surface area contributed by atoms with Gasteiger partial charge in [0, 0.05) is 6.54 Å². The number of amides is 1. The van der Waals surface area contributed by atoms with E-state index in [4.69, 9.17) is 9.47 Å². The maximum atomic E-state index is 13.1. The van der Waals surface area contributed by atoms with Crippen LogP contribution in [-0.2, 0) is 4.79 Å². The van der Waals surface area contributed by atoms with Gasteiger partial charge in [-0.1, -0.05) is 60.7 Å². The fraction of sp³-hybridized carbons (Fsp3) is 0.240. The summed E-state index contributed by atoms with van der Waals surface area (Å²) in [5, 5.41) is 0. The van der Waals surface area contributed by atoms with Crippen molar-refractivity contribution in [3.8, 4) is 11.5 Å². The minimum atomic E-state index is -0.154. The number of nitrogens with zero attached hydrogens (tertiary/aromatic N) is 1. The average Bonchev–Trinajstić information content (AvgIpc) is 2.78. The summed E-state index contributed by atoms with van der Waals surface area (Å²) in [4.78, 5) is 14.9. The molecule has 0 saturated carbocycles. The Balaban J connectivity index is 1.76. The molecule has 0 aliphatic heterocycles. The van der Waals surface area contributed by atoms with Crippen molar-refractivity contribution in [1.29, 1.82) is 0 Å². The van der Waals surface area contributed by atoms with E-state index in [2.05, 4.69) is 24.3 Å². The minimum Gasteiger partial charge on any atom is -0.494 e. The van der Waals surface area contributed by atoms with Gasteiger partial charge in [0.2, 0.25) is 0 Å². The van der Waals surface area contributed by atoms with E-state index in [1.807, 2.05) is 79.4 Å². The van der Waals surface area contributed by atoms with Gasteiger partial charge in [-0.15, -0.1) is 0 Å². The predicted molar refractivity (Wildman–Crippen MR) is 115 cm³/mol. The zero-order chi connectivity index (χ0) is 20.5. The van der Waals surface area contributed by atoms with Crippen LogP contribution in [0.3, 0.4) is 0 Å². The van der Waals surface area contributed by atoms with Crippen molar-refractivity contribution in [2.45, 2.75) is 19.9 Å². The van der Waals surface area contributed by atoms with E-state index >= 15 is 0 Å². The molecule has 0 radical (unpaired) electrons. The van der Waals surface area contributed by atoms with E-state index in [9.17, 15) is 4.79 Å². The molecule has 3 rings (SSSR count). The van der Waals surface area contributed by atoms with Crippen LogP contribution >= 0.6 is 0 Å². The molecule has 0 aliphatic rings. The highest BCUT2D eigenvalue weighted by Crippen LogP contribution is 2.28. The molecule has 0 aromatic heterocycles. The Morgan fingerprint density at radius 3 is 1.69 bits per heavy atom. The predicted octanol–water partition coefficient (Wildman–Crippen LogP) is 5.10. The Kier molecular flexibility index (Phi) is 7.28. The van der Waals surface area contributed by atoms with E-state index < -0.39 is 0 Å². The van der Waals surface area contributed by atoms with Gasteiger partial charge >= 0.3 is 0 Å². The monoisotopic (exact) mass is 389 g/mol. The SMILES string of the molecule is CCOc1ccc(OCC(=O)N(CC)C(c2ccccc2)c2ccccc2)cc1. The molecule has 29 heavy (non-hydrogen) atoms.